The number of nitrogens with zero attached hydrogens (tertiary/aromatic N) is 2. The molecule has 1 aromatic carbocycles. The zero-order valence-corrected chi connectivity index (χ0v) is 16.0. The van der Waals surface area contributed by atoms with E-state index >= 15 is 0 Å². The first-order chi connectivity index (χ1) is 12.5. The van der Waals surface area contributed by atoms with Crippen LogP contribution in [-0.4, -0.2) is 54.8 Å². The highest BCUT2D eigenvalue weighted by Crippen LogP contribution is 2.30. The van der Waals surface area contributed by atoms with Gasteiger partial charge in [0, 0.05) is 44.6 Å². The second kappa shape index (κ2) is 8.67. The number of hydrogen-bond donors (Lipinski definition) is 1. The molecule has 2 aliphatic rings. The number of aryl methyl sites for hydroxylation is 1. The first-order valence-electron chi connectivity index (χ1n) is 9.83. The molecule has 0 radical (unpaired) electrons. The molecular formula is C21H31N3O2. The van der Waals surface area contributed by atoms with Crippen molar-refractivity contribution in [2.24, 2.45) is 11.8 Å². The Labute approximate surface area is 156 Å². The van der Waals surface area contributed by atoms with Gasteiger partial charge in [-0.1, -0.05) is 29.8 Å². The highest BCUT2D eigenvalue weighted by atomic mass is 16.2. The summed E-state index contributed by atoms with van der Waals surface area (Å²) in [5.41, 5.74) is 2.34. The largest absolute Gasteiger partial charge is 0.352 e. The average Bonchev–Trinajstić information content (AvgIpc) is 2.66. The number of likely N-dealkylation sites (N-methyl/N-ethyl adjacent to an activating group) is 1. The van der Waals surface area contributed by atoms with Crippen LogP contribution in [-0.2, 0) is 16.1 Å². The summed E-state index contributed by atoms with van der Waals surface area (Å²) in [6.07, 6.45) is 3.33. The zero-order valence-electron chi connectivity index (χ0n) is 16.0. The molecule has 1 aliphatic heterocycles. The van der Waals surface area contributed by atoms with E-state index in [4.69, 9.17) is 0 Å². The van der Waals surface area contributed by atoms with Crippen molar-refractivity contribution in [2.75, 3.05) is 33.2 Å². The van der Waals surface area contributed by atoms with E-state index in [9.17, 15) is 9.59 Å². The van der Waals surface area contributed by atoms with Gasteiger partial charge in [0.2, 0.25) is 11.8 Å². The van der Waals surface area contributed by atoms with Crippen LogP contribution in [0.3, 0.4) is 0 Å². The normalized spacial score (nSPS) is 24.3. The summed E-state index contributed by atoms with van der Waals surface area (Å²) in [4.78, 5) is 29.4. The van der Waals surface area contributed by atoms with E-state index in [-0.39, 0.29) is 17.7 Å². The number of benzene rings is 1. The molecule has 0 spiro atoms. The van der Waals surface area contributed by atoms with E-state index < -0.39 is 0 Å². The summed E-state index contributed by atoms with van der Waals surface area (Å²) in [6, 6.07) is 8.22. The van der Waals surface area contributed by atoms with Gasteiger partial charge in [-0.15, -0.1) is 0 Å². The molecule has 2 fully saturated rings. The molecule has 1 aromatic rings. The molecule has 142 valence electrons. The molecule has 0 bridgehead atoms. The molecule has 0 aromatic heterocycles. The van der Waals surface area contributed by atoms with Crippen molar-refractivity contribution < 1.29 is 9.59 Å². The van der Waals surface area contributed by atoms with Crippen LogP contribution in [0.2, 0.25) is 0 Å². The fourth-order valence-electron chi connectivity index (χ4n) is 4.04. The van der Waals surface area contributed by atoms with Crippen molar-refractivity contribution in [1.29, 1.82) is 0 Å². The summed E-state index contributed by atoms with van der Waals surface area (Å²) in [7, 11) is 2.10. The number of amides is 2. The van der Waals surface area contributed by atoms with Gasteiger partial charge in [0.1, 0.15) is 0 Å². The maximum absolute atomic E-state index is 12.7. The standard InChI is InChI=1S/C21H31N3O2/c1-16-4-3-5-17(14-16)15-22-20(25)18-6-8-19(9-7-18)21(26)24-12-10-23(2)11-13-24/h3-5,14,18-19H,6-13,15H2,1-2H3,(H,22,25). The van der Waals surface area contributed by atoms with Crippen molar-refractivity contribution >= 4 is 11.8 Å². The van der Waals surface area contributed by atoms with Crippen LogP contribution in [0.5, 0.6) is 0 Å². The Morgan fingerprint density at radius 1 is 1.04 bits per heavy atom. The van der Waals surface area contributed by atoms with E-state index in [1.165, 1.54) is 5.56 Å². The Morgan fingerprint density at radius 2 is 1.69 bits per heavy atom. The van der Waals surface area contributed by atoms with E-state index in [2.05, 4.69) is 36.3 Å². The molecule has 0 unspecified atom stereocenters. The molecule has 1 N–H and O–H groups in total. The van der Waals surface area contributed by atoms with Crippen LogP contribution in [0.15, 0.2) is 24.3 Å². The third-order valence-electron chi connectivity index (χ3n) is 5.81. The van der Waals surface area contributed by atoms with E-state index in [1.807, 2.05) is 17.0 Å². The molecule has 5 heteroatoms. The molecule has 1 aliphatic carbocycles. The van der Waals surface area contributed by atoms with Gasteiger partial charge < -0.3 is 15.1 Å². The minimum atomic E-state index is 0.0522. The molecule has 1 saturated heterocycles. The lowest BCUT2D eigenvalue weighted by Gasteiger charge is -2.36. The molecule has 5 nitrogen and oxygen atoms in total. The van der Waals surface area contributed by atoms with Gasteiger partial charge in [0.05, 0.1) is 0 Å². The summed E-state index contributed by atoms with van der Waals surface area (Å²) < 4.78 is 0. The van der Waals surface area contributed by atoms with Crippen LogP contribution in [0.25, 0.3) is 0 Å². The highest BCUT2D eigenvalue weighted by molar-refractivity contribution is 5.81. The third kappa shape index (κ3) is 4.85. The van der Waals surface area contributed by atoms with Gasteiger partial charge in [-0.3, -0.25) is 9.59 Å². The lowest BCUT2D eigenvalue weighted by Crippen LogP contribution is -2.49. The van der Waals surface area contributed by atoms with Gasteiger partial charge in [-0.05, 0) is 45.2 Å². The van der Waals surface area contributed by atoms with Gasteiger partial charge in [-0.2, -0.15) is 0 Å². The van der Waals surface area contributed by atoms with Crippen LogP contribution in [0.1, 0.15) is 36.8 Å². The second-order valence-electron chi connectivity index (χ2n) is 7.88. The number of rotatable bonds is 4. The van der Waals surface area contributed by atoms with Crippen LogP contribution < -0.4 is 5.32 Å². The van der Waals surface area contributed by atoms with E-state index in [0.29, 0.717) is 12.5 Å². The van der Waals surface area contributed by atoms with Crippen molar-refractivity contribution in [3.63, 3.8) is 0 Å². The van der Waals surface area contributed by atoms with Gasteiger partial charge >= 0.3 is 0 Å². The molecule has 26 heavy (non-hydrogen) atoms. The predicted octanol–water partition coefficient (Wildman–Crippen LogP) is 2.19. The van der Waals surface area contributed by atoms with Crippen LogP contribution >= 0.6 is 0 Å². The van der Waals surface area contributed by atoms with Crippen LogP contribution in [0.4, 0.5) is 0 Å². The van der Waals surface area contributed by atoms with Crippen molar-refractivity contribution in [1.82, 2.24) is 15.1 Å². The van der Waals surface area contributed by atoms with Crippen molar-refractivity contribution in [3.05, 3.63) is 35.4 Å². The summed E-state index contributed by atoms with van der Waals surface area (Å²) in [5.74, 6) is 0.601. The van der Waals surface area contributed by atoms with Crippen molar-refractivity contribution in [3.8, 4) is 0 Å². The molecular weight excluding hydrogens is 326 g/mol. The Kier molecular flexibility index (Phi) is 6.30. The number of carbonyl (C=O) groups excluding carboxylic acids is 2. The number of nitrogens with one attached hydrogen (secondary N) is 1. The van der Waals surface area contributed by atoms with Gasteiger partial charge in [0.25, 0.3) is 0 Å². The molecule has 3 rings (SSSR count). The predicted molar refractivity (Wildman–Crippen MR) is 103 cm³/mol. The number of hydrogen-bond acceptors (Lipinski definition) is 3. The maximum atomic E-state index is 12.7. The lowest BCUT2D eigenvalue weighted by molar-refractivity contribution is -0.139. The zero-order chi connectivity index (χ0) is 18.5. The van der Waals surface area contributed by atoms with E-state index in [0.717, 1.165) is 57.4 Å². The molecule has 1 saturated carbocycles. The lowest BCUT2D eigenvalue weighted by atomic mass is 9.80. The Morgan fingerprint density at radius 3 is 2.35 bits per heavy atom. The monoisotopic (exact) mass is 357 g/mol. The topological polar surface area (TPSA) is 52.7 Å². The Hall–Kier alpha value is -1.88. The maximum Gasteiger partial charge on any atom is 0.225 e. The minimum Gasteiger partial charge on any atom is -0.352 e. The summed E-state index contributed by atoms with van der Waals surface area (Å²) >= 11 is 0. The molecule has 0 atom stereocenters. The quantitative estimate of drug-likeness (QED) is 0.899. The fourth-order valence-corrected chi connectivity index (χ4v) is 4.04. The second-order valence-corrected chi connectivity index (χ2v) is 7.88. The van der Waals surface area contributed by atoms with Gasteiger partial charge in [-0.25, -0.2) is 0 Å². The Bertz CT molecular complexity index is 630. The van der Waals surface area contributed by atoms with Gasteiger partial charge in [0.15, 0.2) is 0 Å². The smallest absolute Gasteiger partial charge is 0.225 e. The Balaban J connectivity index is 1.42. The highest BCUT2D eigenvalue weighted by Gasteiger charge is 2.32. The number of piperazine rings is 1. The third-order valence-corrected chi connectivity index (χ3v) is 5.81. The number of carbonyl (C=O) groups is 2. The molecule has 1 heterocycles. The molecule has 2 amide bonds. The fraction of sp³-hybridized carbons (Fsp3) is 0.619. The van der Waals surface area contributed by atoms with E-state index in [1.54, 1.807) is 0 Å². The van der Waals surface area contributed by atoms with Crippen LogP contribution in [0, 0.1) is 18.8 Å². The average molecular weight is 357 g/mol. The first-order valence-corrected chi connectivity index (χ1v) is 9.83. The van der Waals surface area contributed by atoms with Crippen molar-refractivity contribution in [2.45, 2.75) is 39.2 Å². The summed E-state index contributed by atoms with van der Waals surface area (Å²) in [5, 5.41) is 3.07. The SMILES string of the molecule is Cc1cccc(CNC(=O)C2CCC(C(=O)N3CCN(C)CC3)CC2)c1. The first kappa shape index (κ1) is 18.9. The summed E-state index contributed by atoms with van der Waals surface area (Å²) in [6.45, 7) is 6.24. The minimum absolute atomic E-state index is 0.0522.